The highest BCUT2D eigenvalue weighted by atomic mass is 35.5. The molecule has 0 aliphatic rings. The standard InChI is InChI=1S/C18H8ClF7N2O3/c19-11-6-9(17(21,22)23)2-4-14(11)30-7-13(29)8-1-3-10(12(20)5-8)15-27-16(31-28-15)18(24,25)26/h1-6H,7H2. The lowest BCUT2D eigenvalue weighted by Gasteiger charge is -2.11. The predicted octanol–water partition coefficient (Wildman–Crippen LogP) is 5.83. The fraction of sp³-hybridized carbons (Fsp3) is 0.167. The Kier molecular flexibility index (Phi) is 5.94. The molecule has 31 heavy (non-hydrogen) atoms. The van der Waals surface area contributed by atoms with Crippen molar-refractivity contribution < 1.29 is 44.8 Å². The van der Waals surface area contributed by atoms with Crippen LogP contribution in [0.25, 0.3) is 11.4 Å². The number of ether oxygens (including phenoxy) is 1. The second-order valence-electron chi connectivity index (χ2n) is 5.97. The number of alkyl halides is 6. The molecule has 13 heteroatoms. The van der Waals surface area contributed by atoms with Crippen LogP contribution in [-0.2, 0) is 12.4 Å². The maximum atomic E-state index is 14.3. The molecule has 0 spiro atoms. The van der Waals surface area contributed by atoms with Crippen LogP contribution < -0.4 is 4.74 Å². The van der Waals surface area contributed by atoms with E-state index >= 15 is 0 Å². The van der Waals surface area contributed by atoms with Gasteiger partial charge in [-0.3, -0.25) is 4.79 Å². The van der Waals surface area contributed by atoms with Gasteiger partial charge in [-0.2, -0.15) is 31.3 Å². The van der Waals surface area contributed by atoms with Gasteiger partial charge in [-0.1, -0.05) is 22.8 Å². The summed E-state index contributed by atoms with van der Waals surface area (Å²) in [7, 11) is 0. The Balaban J connectivity index is 1.72. The highest BCUT2D eigenvalue weighted by Gasteiger charge is 2.38. The van der Waals surface area contributed by atoms with Gasteiger partial charge in [-0.05, 0) is 30.3 Å². The van der Waals surface area contributed by atoms with Gasteiger partial charge in [0.25, 0.3) is 0 Å². The minimum absolute atomic E-state index is 0.202. The van der Waals surface area contributed by atoms with E-state index in [0.29, 0.717) is 12.1 Å². The molecule has 0 bridgehead atoms. The van der Waals surface area contributed by atoms with Crippen LogP contribution in [0.1, 0.15) is 21.8 Å². The summed E-state index contributed by atoms with van der Waals surface area (Å²) >= 11 is 5.71. The fourth-order valence-electron chi connectivity index (χ4n) is 2.34. The van der Waals surface area contributed by atoms with Crippen molar-refractivity contribution in [3.8, 4) is 17.1 Å². The van der Waals surface area contributed by atoms with Crippen LogP contribution in [0.15, 0.2) is 40.9 Å². The maximum Gasteiger partial charge on any atom is 0.471 e. The number of benzene rings is 2. The summed E-state index contributed by atoms with van der Waals surface area (Å²) in [5.74, 6) is -4.41. The third-order valence-electron chi connectivity index (χ3n) is 3.82. The zero-order valence-corrected chi connectivity index (χ0v) is 15.6. The van der Waals surface area contributed by atoms with Crippen LogP contribution in [0.2, 0.25) is 5.02 Å². The maximum absolute atomic E-state index is 14.3. The van der Waals surface area contributed by atoms with Crippen molar-refractivity contribution in [2.45, 2.75) is 12.4 Å². The Morgan fingerprint density at radius 3 is 2.29 bits per heavy atom. The number of nitrogens with zero attached hydrogens (tertiary/aromatic N) is 2. The number of aromatic nitrogens is 2. The Hall–Kier alpha value is -3.15. The van der Waals surface area contributed by atoms with Crippen LogP contribution in [0.5, 0.6) is 5.75 Å². The van der Waals surface area contributed by atoms with Gasteiger partial charge in [0.1, 0.15) is 11.6 Å². The van der Waals surface area contributed by atoms with E-state index in [-0.39, 0.29) is 16.3 Å². The molecule has 0 aliphatic carbocycles. The Labute approximate surface area is 173 Å². The van der Waals surface area contributed by atoms with Gasteiger partial charge >= 0.3 is 18.2 Å². The van der Waals surface area contributed by atoms with Crippen LogP contribution in [0.4, 0.5) is 30.7 Å². The average molecular weight is 469 g/mol. The number of carbonyl (C=O) groups is 1. The first kappa shape index (κ1) is 22.5. The summed E-state index contributed by atoms with van der Waals surface area (Å²) in [5, 5.41) is 2.66. The van der Waals surface area contributed by atoms with Gasteiger partial charge in [-0.15, -0.1) is 0 Å². The van der Waals surface area contributed by atoms with Gasteiger partial charge in [0.05, 0.1) is 16.1 Å². The molecule has 1 aromatic heterocycles. The Bertz CT molecular complexity index is 1130. The monoisotopic (exact) mass is 468 g/mol. The van der Waals surface area contributed by atoms with E-state index in [1.807, 2.05) is 0 Å². The van der Waals surface area contributed by atoms with Crippen molar-refractivity contribution in [1.82, 2.24) is 10.1 Å². The molecular weight excluding hydrogens is 461 g/mol. The first-order valence-corrected chi connectivity index (χ1v) is 8.47. The first-order chi connectivity index (χ1) is 14.4. The molecule has 0 atom stereocenters. The Morgan fingerprint density at radius 2 is 1.74 bits per heavy atom. The number of hydrogen-bond donors (Lipinski definition) is 0. The number of carbonyl (C=O) groups excluding carboxylic acids is 1. The lowest BCUT2D eigenvalue weighted by Crippen LogP contribution is -2.12. The largest absolute Gasteiger partial charge is 0.484 e. The highest BCUT2D eigenvalue weighted by Crippen LogP contribution is 2.35. The summed E-state index contributed by atoms with van der Waals surface area (Å²) in [5.41, 5.74) is -1.67. The molecule has 0 amide bonds. The quantitative estimate of drug-likeness (QED) is 0.348. The van der Waals surface area contributed by atoms with Gasteiger partial charge in [0.2, 0.25) is 5.82 Å². The molecule has 0 saturated carbocycles. The van der Waals surface area contributed by atoms with Crippen LogP contribution in [0.3, 0.4) is 0 Å². The number of rotatable bonds is 5. The van der Waals surface area contributed by atoms with E-state index < -0.39 is 53.4 Å². The summed E-state index contributed by atoms with van der Waals surface area (Å²) in [6, 6.07) is 5.03. The average Bonchev–Trinajstić information content (AvgIpc) is 3.16. The minimum Gasteiger partial charge on any atom is -0.484 e. The summed E-state index contributed by atoms with van der Waals surface area (Å²) < 4.78 is 98.8. The van der Waals surface area contributed by atoms with Crippen LogP contribution in [0, 0.1) is 5.82 Å². The number of halogens is 8. The minimum atomic E-state index is -4.91. The van der Waals surface area contributed by atoms with E-state index in [1.165, 1.54) is 0 Å². The van der Waals surface area contributed by atoms with Crippen LogP contribution in [-0.4, -0.2) is 22.5 Å². The van der Waals surface area contributed by atoms with Crippen LogP contribution >= 0.6 is 11.6 Å². The third kappa shape index (κ3) is 5.13. The van der Waals surface area contributed by atoms with Gasteiger partial charge in [0.15, 0.2) is 12.4 Å². The van der Waals surface area contributed by atoms with Crippen molar-refractivity contribution in [3.63, 3.8) is 0 Å². The van der Waals surface area contributed by atoms with E-state index in [2.05, 4.69) is 14.7 Å². The summed E-state index contributed by atoms with van der Waals surface area (Å²) in [6.07, 6.45) is -9.52. The van der Waals surface area contributed by atoms with Crippen molar-refractivity contribution >= 4 is 17.4 Å². The fourth-order valence-corrected chi connectivity index (χ4v) is 2.57. The van der Waals surface area contributed by atoms with Gasteiger partial charge in [-0.25, -0.2) is 4.39 Å². The van der Waals surface area contributed by atoms with Crippen molar-refractivity contribution in [1.29, 1.82) is 0 Å². The molecule has 2 aromatic carbocycles. The lowest BCUT2D eigenvalue weighted by atomic mass is 10.1. The second-order valence-corrected chi connectivity index (χ2v) is 6.38. The molecule has 0 unspecified atom stereocenters. The normalized spacial score (nSPS) is 12.1. The molecule has 0 saturated heterocycles. The summed E-state index contributed by atoms with van der Waals surface area (Å²) in [6.45, 7) is -0.690. The molecule has 3 rings (SSSR count). The molecule has 0 N–H and O–H groups in total. The van der Waals surface area contributed by atoms with E-state index in [0.717, 1.165) is 24.3 Å². The molecule has 164 valence electrons. The third-order valence-corrected chi connectivity index (χ3v) is 4.11. The molecule has 5 nitrogen and oxygen atoms in total. The lowest BCUT2D eigenvalue weighted by molar-refractivity contribution is -0.159. The molecular formula is C18H8ClF7N2O3. The van der Waals surface area contributed by atoms with Crippen molar-refractivity contribution in [2.24, 2.45) is 0 Å². The number of ketones is 1. The van der Waals surface area contributed by atoms with Gasteiger partial charge < -0.3 is 9.26 Å². The number of hydrogen-bond acceptors (Lipinski definition) is 5. The first-order valence-electron chi connectivity index (χ1n) is 8.10. The molecule has 0 aliphatic heterocycles. The van der Waals surface area contributed by atoms with E-state index in [9.17, 15) is 35.5 Å². The van der Waals surface area contributed by atoms with Crippen molar-refractivity contribution in [2.75, 3.05) is 6.61 Å². The smallest absolute Gasteiger partial charge is 0.471 e. The van der Waals surface area contributed by atoms with E-state index in [1.54, 1.807) is 0 Å². The molecule has 1 heterocycles. The highest BCUT2D eigenvalue weighted by molar-refractivity contribution is 6.32. The molecule has 3 aromatic rings. The zero-order chi connectivity index (χ0) is 23.0. The zero-order valence-electron chi connectivity index (χ0n) is 14.8. The number of Topliss-reactive ketones (excluding diaryl/α,β-unsaturated/α-hetero) is 1. The van der Waals surface area contributed by atoms with Gasteiger partial charge in [0, 0.05) is 5.56 Å². The predicted molar refractivity (Wildman–Crippen MR) is 91.0 cm³/mol. The molecule has 0 radical (unpaired) electrons. The topological polar surface area (TPSA) is 65.2 Å². The SMILES string of the molecule is O=C(COc1ccc(C(F)(F)F)cc1Cl)c1ccc(-c2noc(C(F)(F)F)n2)c(F)c1. The Morgan fingerprint density at radius 1 is 1.03 bits per heavy atom. The molecule has 0 fully saturated rings. The van der Waals surface area contributed by atoms with Crippen molar-refractivity contribution in [3.05, 3.63) is 64.3 Å². The second kappa shape index (κ2) is 8.17. The van der Waals surface area contributed by atoms with E-state index in [4.69, 9.17) is 16.3 Å². The summed E-state index contributed by atoms with van der Waals surface area (Å²) in [4.78, 5) is 15.2.